The minimum atomic E-state index is 0.0189. The van der Waals surface area contributed by atoms with Crippen molar-refractivity contribution in [2.24, 2.45) is 0 Å². The zero-order chi connectivity index (χ0) is 18.2. The number of nitrogens with one attached hydrogen (secondary N) is 1. The van der Waals surface area contributed by atoms with E-state index in [-0.39, 0.29) is 5.91 Å². The second-order valence-electron chi connectivity index (χ2n) is 6.79. The molecule has 1 N–H and O–H groups in total. The molecule has 1 fully saturated rings. The highest BCUT2D eigenvalue weighted by atomic mass is 16.5. The van der Waals surface area contributed by atoms with Gasteiger partial charge in [0, 0.05) is 24.5 Å². The van der Waals surface area contributed by atoms with Crippen LogP contribution in [0.15, 0.2) is 48.5 Å². The zero-order valence-corrected chi connectivity index (χ0v) is 15.5. The summed E-state index contributed by atoms with van der Waals surface area (Å²) in [7, 11) is 0. The normalized spacial score (nSPS) is 14.3. The average Bonchev–Trinajstić information content (AvgIpc) is 2.69. The SMILES string of the molecule is CCCCc1ccc(CC(=O)Nc2ccc(N3CCOCC3)cc2)cc1. The van der Waals surface area contributed by atoms with Crippen molar-refractivity contribution in [1.29, 1.82) is 0 Å². The van der Waals surface area contributed by atoms with Gasteiger partial charge in [0.15, 0.2) is 0 Å². The Morgan fingerprint density at radius 2 is 1.65 bits per heavy atom. The number of benzene rings is 2. The first-order chi connectivity index (χ1) is 12.7. The molecule has 0 unspecified atom stereocenters. The number of amides is 1. The van der Waals surface area contributed by atoms with Crippen molar-refractivity contribution in [1.82, 2.24) is 0 Å². The van der Waals surface area contributed by atoms with Gasteiger partial charge >= 0.3 is 0 Å². The third-order valence-corrected chi connectivity index (χ3v) is 4.73. The molecule has 4 nitrogen and oxygen atoms in total. The van der Waals surface area contributed by atoms with E-state index in [1.165, 1.54) is 24.1 Å². The number of anilines is 2. The van der Waals surface area contributed by atoms with Gasteiger partial charge < -0.3 is 15.0 Å². The molecule has 2 aromatic rings. The molecule has 2 aromatic carbocycles. The first kappa shape index (κ1) is 18.5. The van der Waals surface area contributed by atoms with E-state index < -0.39 is 0 Å². The van der Waals surface area contributed by atoms with Crippen LogP contribution < -0.4 is 10.2 Å². The summed E-state index contributed by atoms with van der Waals surface area (Å²) in [5, 5.41) is 2.99. The number of aryl methyl sites for hydroxylation is 1. The van der Waals surface area contributed by atoms with Gasteiger partial charge in [-0.05, 0) is 48.2 Å². The largest absolute Gasteiger partial charge is 0.378 e. The second-order valence-corrected chi connectivity index (χ2v) is 6.79. The van der Waals surface area contributed by atoms with E-state index in [1.54, 1.807) is 0 Å². The Bertz CT molecular complexity index is 689. The van der Waals surface area contributed by atoms with E-state index in [2.05, 4.69) is 53.5 Å². The molecule has 138 valence electrons. The Morgan fingerprint density at radius 1 is 1.00 bits per heavy atom. The van der Waals surface area contributed by atoms with Crippen molar-refractivity contribution in [3.63, 3.8) is 0 Å². The molecule has 0 aromatic heterocycles. The van der Waals surface area contributed by atoms with Gasteiger partial charge in [0.25, 0.3) is 0 Å². The third-order valence-electron chi connectivity index (χ3n) is 4.73. The van der Waals surface area contributed by atoms with Gasteiger partial charge in [-0.25, -0.2) is 0 Å². The molecular formula is C22H28N2O2. The molecule has 4 heteroatoms. The van der Waals surface area contributed by atoms with Crippen LogP contribution in [-0.2, 0) is 22.4 Å². The van der Waals surface area contributed by atoms with Crippen molar-refractivity contribution in [2.75, 3.05) is 36.5 Å². The lowest BCUT2D eigenvalue weighted by Crippen LogP contribution is -2.36. The van der Waals surface area contributed by atoms with Crippen LogP contribution in [0.4, 0.5) is 11.4 Å². The van der Waals surface area contributed by atoms with Crippen LogP contribution in [0.2, 0.25) is 0 Å². The zero-order valence-electron chi connectivity index (χ0n) is 15.5. The predicted molar refractivity (Wildman–Crippen MR) is 107 cm³/mol. The molecule has 1 saturated heterocycles. The summed E-state index contributed by atoms with van der Waals surface area (Å²) in [5.74, 6) is 0.0189. The maximum Gasteiger partial charge on any atom is 0.228 e. The highest BCUT2D eigenvalue weighted by molar-refractivity contribution is 5.92. The highest BCUT2D eigenvalue weighted by Crippen LogP contribution is 2.19. The van der Waals surface area contributed by atoms with Gasteiger partial charge in [0.2, 0.25) is 5.91 Å². The summed E-state index contributed by atoms with van der Waals surface area (Å²) >= 11 is 0. The predicted octanol–water partition coefficient (Wildman–Crippen LogP) is 4.05. The minimum Gasteiger partial charge on any atom is -0.378 e. The number of nitrogens with zero attached hydrogens (tertiary/aromatic N) is 1. The van der Waals surface area contributed by atoms with Crippen LogP contribution in [0.3, 0.4) is 0 Å². The topological polar surface area (TPSA) is 41.6 Å². The summed E-state index contributed by atoms with van der Waals surface area (Å²) in [6.07, 6.45) is 3.92. The van der Waals surface area contributed by atoms with Gasteiger partial charge in [0.1, 0.15) is 0 Å². The van der Waals surface area contributed by atoms with Crippen LogP contribution in [0.5, 0.6) is 0 Å². The summed E-state index contributed by atoms with van der Waals surface area (Å²) in [6.45, 7) is 5.58. The van der Waals surface area contributed by atoms with Crippen LogP contribution in [-0.4, -0.2) is 32.2 Å². The summed E-state index contributed by atoms with van der Waals surface area (Å²) < 4.78 is 5.38. The van der Waals surface area contributed by atoms with Gasteiger partial charge in [-0.15, -0.1) is 0 Å². The molecule has 1 aliphatic heterocycles. The number of carbonyl (C=O) groups is 1. The molecule has 0 spiro atoms. The number of unbranched alkanes of at least 4 members (excludes halogenated alkanes) is 1. The van der Waals surface area contributed by atoms with Crippen molar-refractivity contribution >= 4 is 17.3 Å². The van der Waals surface area contributed by atoms with Crippen molar-refractivity contribution in [2.45, 2.75) is 32.6 Å². The minimum absolute atomic E-state index is 0.0189. The summed E-state index contributed by atoms with van der Waals surface area (Å²) in [4.78, 5) is 14.6. The van der Waals surface area contributed by atoms with Gasteiger partial charge in [0.05, 0.1) is 19.6 Å². The molecule has 3 rings (SSSR count). The number of rotatable bonds is 7. The molecule has 1 aliphatic rings. The number of hydrogen-bond acceptors (Lipinski definition) is 3. The Hall–Kier alpha value is -2.33. The molecule has 1 amide bonds. The Kier molecular flexibility index (Phi) is 6.67. The van der Waals surface area contributed by atoms with Crippen LogP contribution >= 0.6 is 0 Å². The summed E-state index contributed by atoms with van der Waals surface area (Å²) in [5.41, 5.74) is 4.41. The molecular weight excluding hydrogens is 324 g/mol. The first-order valence-electron chi connectivity index (χ1n) is 9.55. The number of ether oxygens (including phenoxy) is 1. The number of morpholine rings is 1. The Balaban J connectivity index is 1.51. The molecule has 0 atom stereocenters. The van der Waals surface area contributed by atoms with Crippen LogP contribution in [0, 0.1) is 0 Å². The van der Waals surface area contributed by atoms with E-state index in [9.17, 15) is 4.79 Å². The summed E-state index contributed by atoms with van der Waals surface area (Å²) in [6, 6.07) is 16.4. The van der Waals surface area contributed by atoms with Crippen molar-refractivity contribution < 1.29 is 9.53 Å². The first-order valence-corrected chi connectivity index (χ1v) is 9.55. The van der Waals surface area contributed by atoms with Crippen molar-refractivity contribution in [3.05, 3.63) is 59.7 Å². The fraction of sp³-hybridized carbons (Fsp3) is 0.409. The van der Waals surface area contributed by atoms with Crippen LogP contribution in [0.1, 0.15) is 30.9 Å². The van der Waals surface area contributed by atoms with Crippen LogP contribution in [0.25, 0.3) is 0 Å². The third kappa shape index (κ3) is 5.33. The molecule has 1 heterocycles. The lowest BCUT2D eigenvalue weighted by molar-refractivity contribution is -0.115. The van der Waals surface area contributed by atoms with E-state index >= 15 is 0 Å². The molecule has 0 saturated carbocycles. The van der Waals surface area contributed by atoms with E-state index in [0.717, 1.165) is 44.0 Å². The Labute approximate surface area is 156 Å². The second kappa shape index (κ2) is 9.39. The lowest BCUT2D eigenvalue weighted by atomic mass is 10.0. The smallest absolute Gasteiger partial charge is 0.228 e. The Morgan fingerprint density at radius 3 is 2.31 bits per heavy atom. The molecule has 0 bridgehead atoms. The maximum absolute atomic E-state index is 12.3. The lowest BCUT2D eigenvalue weighted by Gasteiger charge is -2.28. The fourth-order valence-electron chi connectivity index (χ4n) is 3.17. The molecule has 26 heavy (non-hydrogen) atoms. The average molecular weight is 352 g/mol. The number of carbonyl (C=O) groups excluding carboxylic acids is 1. The number of hydrogen-bond donors (Lipinski definition) is 1. The van der Waals surface area contributed by atoms with E-state index in [0.29, 0.717) is 6.42 Å². The molecule has 0 radical (unpaired) electrons. The highest BCUT2D eigenvalue weighted by Gasteiger charge is 2.11. The van der Waals surface area contributed by atoms with E-state index in [1.807, 2.05) is 12.1 Å². The van der Waals surface area contributed by atoms with Gasteiger partial charge in [-0.3, -0.25) is 4.79 Å². The van der Waals surface area contributed by atoms with E-state index in [4.69, 9.17) is 4.74 Å². The van der Waals surface area contributed by atoms with Gasteiger partial charge in [-0.1, -0.05) is 37.6 Å². The standard InChI is InChI=1S/C22H28N2O2/c1-2-3-4-18-5-7-19(8-6-18)17-22(25)23-20-9-11-21(12-10-20)24-13-15-26-16-14-24/h5-12H,2-4,13-17H2,1H3,(H,23,25). The monoisotopic (exact) mass is 352 g/mol. The quantitative estimate of drug-likeness (QED) is 0.817. The van der Waals surface area contributed by atoms with Crippen molar-refractivity contribution in [3.8, 4) is 0 Å². The molecule has 0 aliphatic carbocycles. The van der Waals surface area contributed by atoms with Gasteiger partial charge in [-0.2, -0.15) is 0 Å². The maximum atomic E-state index is 12.3. The fourth-order valence-corrected chi connectivity index (χ4v) is 3.17.